The molecule has 30 heavy (non-hydrogen) atoms. The van der Waals surface area contributed by atoms with Gasteiger partial charge in [0.1, 0.15) is 0 Å². The second kappa shape index (κ2) is 9.20. The zero-order valence-electron chi connectivity index (χ0n) is 16.0. The Morgan fingerprint density at radius 1 is 1.17 bits per heavy atom. The molecule has 3 N–H and O–H groups in total. The molecule has 7 nitrogen and oxygen atoms in total. The third kappa shape index (κ3) is 4.86. The number of rotatable bonds is 7. The molecule has 0 aliphatic rings. The summed E-state index contributed by atoms with van der Waals surface area (Å²) in [6.07, 6.45) is 2.91. The Labute approximate surface area is 182 Å². The van der Waals surface area contributed by atoms with E-state index in [2.05, 4.69) is 5.32 Å². The van der Waals surface area contributed by atoms with E-state index in [0.717, 1.165) is 4.70 Å². The molecule has 0 aliphatic heterocycles. The number of hydrogen-bond donors (Lipinski definition) is 3. The van der Waals surface area contributed by atoms with E-state index in [9.17, 15) is 19.1 Å². The van der Waals surface area contributed by atoms with Crippen molar-refractivity contribution in [2.24, 2.45) is 0 Å². The summed E-state index contributed by atoms with van der Waals surface area (Å²) in [4.78, 5) is 32.4. The number of carbonyl (C=O) groups is 1. The fourth-order valence-electron chi connectivity index (χ4n) is 2.96. The van der Waals surface area contributed by atoms with E-state index in [1.807, 2.05) is 0 Å². The Balaban J connectivity index is 1.86. The van der Waals surface area contributed by atoms with Gasteiger partial charge in [-0.15, -0.1) is 11.3 Å². The van der Waals surface area contributed by atoms with Crippen LogP contribution in [0.15, 0.2) is 48.0 Å². The summed E-state index contributed by atoms with van der Waals surface area (Å²) in [5.41, 5.74) is -0.712. The van der Waals surface area contributed by atoms with Crippen LogP contribution in [0.2, 0.25) is 5.02 Å². The molecule has 0 radical (unpaired) electrons. The molecular formula is C20H19ClNO6PS. The summed E-state index contributed by atoms with van der Waals surface area (Å²) < 4.78 is 23.3. The summed E-state index contributed by atoms with van der Waals surface area (Å²) >= 11 is 7.31. The SMILES string of the molecule is COc1ccc(C=CNC(=O)C(c2csc3ccc(Cl)cc23)P(=O)(O)O)cc1OC. The molecule has 1 aromatic heterocycles. The van der Waals surface area contributed by atoms with Crippen LogP contribution in [0, 0.1) is 0 Å². The molecule has 1 heterocycles. The number of halogens is 1. The first-order valence-corrected chi connectivity index (χ1v) is 11.6. The Morgan fingerprint density at radius 2 is 1.90 bits per heavy atom. The van der Waals surface area contributed by atoms with Crippen LogP contribution in [0.4, 0.5) is 0 Å². The van der Waals surface area contributed by atoms with Crippen LogP contribution in [-0.2, 0) is 9.36 Å². The van der Waals surface area contributed by atoms with Gasteiger partial charge >= 0.3 is 7.60 Å². The molecular weight excluding hydrogens is 449 g/mol. The Hall–Kier alpha value is -2.35. The fraction of sp³-hybridized carbons (Fsp3) is 0.150. The second-order valence-electron chi connectivity index (χ2n) is 6.28. The second-order valence-corrected chi connectivity index (χ2v) is 9.32. The van der Waals surface area contributed by atoms with Crippen molar-refractivity contribution < 1.29 is 28.6 Å². The van der Waals surface area contributed by atoms with Crippen LogP contribution < -0.4 is 14.8 Å². The predicted octanol–water partition coefficient (Wildman–Crippen LogP) is 4.58. The number of amides is 1. The van der Waals surface area contributed by atoms with Gasteiger partial charge in [-0.25, -0.2) is 0 Å². The number of carbonyl (C=O) groups excluding carboxylic acids is 1. The minimum absolute atomic E-state index is 0.239. The molecule has 0 saturated heterocycles. The monoisotopic (exact) mass is 467 g/mol. The van der Waals surface area contributed by atoms with Gasteiger partial charge in [-0.2, -0.15) is 0 Å². The van der Waals surface area contributed by atoms with E-state index in [-0.39, 0.29) is 5.56 Å². The standard InChI is InChI=1S/C20H19ClNO6PS/c1-27-16-5-3-12(9-17(16)28-2)7-8-22-20(23)19(29(24,25)26)15-11-30-18-6-4-13(21)10-14(15)18/h3-11,19H,1-2H3,(H,22,23)(H2,24,25,26). The summed E-state index contributed by atoms with van der Waals surface area (Å²) in [5.74, 6) is 0.253. The van der Waals surface area contributed by atoms with Crippen molar-refractivity contribution in [1.29, 1.82) is 0 Å². The molecule has 3 rings (SSSR count). The van der Waals surface area contributed by atoms with E-state index >= 15 is 0 Å². The first-order chi connectivity index (χ1) is 14.2. The van der Waals surface area contributed by atoms with E-state index in [0.29, 0.717) is 27.5 Å². The maximum Gasteiger partial charge on any atom is 0.342 e. The first-order valence-electron chi connectivity index (χ1n) is 8.65. The average Bonchev–Trinajstić information content (AvgIpc) is 3.09. The zero-order chi connectivity index (χ0) is 21.9. The van der Waals surface area contributed by atoms with Gasteiger partial charge in [-0.3, -0.25) is 9.36 Å². The van der Waals surface area contributed by atoms with E-state index < -0.39 is 19.2 Å². The normalized spacial score (nSPS) is 12.8. The summed E-state index contributed by atoms with van der Waals surface area (Å²) in [5, 5.41) is 4.99. The molecule has 1 atom stereocenters. The predicted molar refractivity (Wildman–Crippen MR) is 118 cm³/mol. The van der Waals surface area contributed by atoms with Crippen LogP contribution in [-0.4, -0.2) is 29.9 Å². The zero-order valence-corrected chi connectivity index (χ0v) is 18.5. The molecule has 3 aromatic rings. The van der Waals surface area contributed by atoms with Crippen molar-refractivity contribution in [3.63, 3.8) is 0 Å². The Morgan fingerprint density at radius 3 is 2.57 bits per heavy atom. The largest absolute Gasteiger partial charge is 0.493 e. The maximum absolute atomic E-state index is 12.7. The number of benzene rings is 2. The third-order valence-corrected chi connectivity index (χ3v) is 6.76. The van der Waals surface area contributed by atoms with Crippen molar-refractivity contribution in [3.8, 4) is 11.5 Å². The molecule has 0 bridgehead atoms. The lowest BCUT2D eigenvalue weighted by Gasteiger charge is -2.17. The number of hydrogen-bond acceptors (Lipinski definition) is 5. The summed E-state index contributed by atoms with van der Waals surface area (Å²) in [6.45, 7) is 0. The van der Waals surface area contributed by atoms with Crippen molar-refractivity contribution in [2.75, 3.05) is 14.2 Å². The minimum atomic E-state index is -4.79. The van der Waals surface area contributed by atoms with Crippen LogP contribution in [0.3, 0.4) is 0 Å². The highest BCUT2D eigenvalue weighted by molar-refractivity contribution is 7.53. The quantitative estimate of drug-likeness (QED) is 0.439. The van der Waals surface area contributed by atoms with Gasteiger partial charge in [0, 0.05) is 15.9 Å². The van der Waals surface area contributed by atoms with E-state index in [4.69, 9.17) is 21.1 Å². The van der Waals surface area contributed by atoms with Crippen LogP contribution in [0.5, 0.6) is 11.5 Å². The van der Waals surface area contributed by atoms with Gasteiger partial charge in [0.15, 0.2) is 17.2 Å². The smallest absolute Gasteiger partial charge is 0.342 e. The molecule has 0 aliphatic carbocycles. The molecule has 0 saturated carbocycles. The lowest BCUT2D eigenvalue weighted by Crippen LogP contribution is -2.25. The lowest BCUT2D eigenvalue weighted by atomic mass is 10.1. The highest BCUT2D eigenvalue weighted by atomic mass is 35.5. The molecule has 1 unspecified atom stereocenters. The van der Waals surface area contributed by atoms with Crippen LogP contribution in [0.1, 0.15) is 16.8 Å². The highest BCUT2D eigenvalue weighted by Gasteiger charge is 2.38. The van der Waals surface area contributed by atoms with Crippen molar-refractivity contribution in [2.45, 2.75) is 5.66 Å². The van der Waals surface area contributed by atoms with E-state index in [1.165, 1.54) is 31.8 Å². The molecule has 1 amide bonds. The summed E-state index contributed by atoms with van der Waals surface area (Å²) in [6, 6.07) is 10.2. The molecule has 0 spiro atoms. The van der Waals surface area contributed by atoms with Crippen LogP contribution >= 0.6 is 30.5 Å². The first kappa shape index (κ1) is 22.3. The van der Waals surface area contributed by atoms with Crippen molar-refractivity contribution in [1.82, 2.24) is 5.32 Å². The third-order valence-electron chi connectivity index (χ3n) is 4.35. The fourth-order valence-corrected chi connectivity index (χ4v) is 5.16. The Bertz CT molecular complexity index is 1160. The van der Waals surface area contributed by atoms with Gasteiger partial charge in [0.2, 0.25) is 5.91 Å². The van der Waals surface area contributed by atoms with Crippen molar-refractivity contribution >= 4 is 52.6 Å². The van der Waals surface area contributed by atoms with Crippen molar-refractivity contribution in [3.05, 3.63) is 64.1 Å². The van der Waals surface area contributed by atoms with E-state index in [1.54, 1.807) is 47.9 Å². The topological polar surface area (TPSA) is 105 Å². The number of nitrogens with one attached hydrogen (secondary N) is 1. The van der Waals surface area contributed by atoms with Crippen LogP contribution in [0.25, 0.3) is 16.2 Å². The minimum Gasteiger partial charge on any atom is -0.493 e. The average molecular weight is 468 g/mol. The lowest BCUT2D eigenvalue weighted by molar-refractivity contribution is -0.120. The molecule has 2 aromatic carbocycles. The molecule has 158 valence electrons. The highest BCUT2D eigenvalue weighted by Crippen LogP contribution is 2.54. The number of thiophene rings is 1. The molecule has 0 fully saturated rings. The molecule has 10 heteroatoms. The number of methoxy groups -OCH3 is 2. The van der Waals surface area contributed by atoms with Gasteiger partial charge < -0.3 is 24.6 Å². The van der Waals surface area contributed by atoms with Gasteiger partial charge in [0.25, 0.3) is 0 Å². The van der Waals surface area contributed by atoms with Gasteiger partial charge in [-0.05, 0) is 58.3 Å². The van der Waals surface area contributed by atoms with Gasteiger partial charge in [0.05, 0.1) is 14.2 Å². The number of ether oxygens (including phenoxy) is 2. The summed E-state index contributed by atoms with van der Waals surface area (Å²) in [7, 11) is -1.76. The Kier molecular flexibility index (Phi) is 6.85. The maximum atomic E-state index is 12.7. The number of fused-ring (bicyclic) bond motifs is 1. The van der Waals surface area contributed by atoms with Gasteiger partial charge in [-0.1, -0.05) is 17.7 Å².